The van der Waals surface area contributed by atoms with E-state index in [1.165, 1.54) is 0 Å². The predicted molar refractivity (Wildman–Crippen MR) is 106 cm³/mol. The Balaban J connectivity index is 1.50. The number of nitriles is 1. The molecule has 0 radical (unpaired) electrons. The highest BCUT2D eigenvalue weighted by Crippen LogP contribution is 2.31. The van der Waals surface area contributed by atoms with Gasteiger partial charge in [-0.25, -0.2) is 13.4 Å². The molecule has 6 nitrogen and oxygen atoms in total. The van der Waals surface area contributed by atoms with Crippen molar-refractivity contribution in [1.29, 1.82) is 5.26 Å². The van der Waals surface area contributed by atoms with E-state index in [-0.39, 0.29) is 16.6 Å². The van der Waals surface area contributed by atoms with Gasteiger partial charge in [0.25, 0.3) is 0 Å². The molecule has 1 unspecified atom stereocenters. The Kier molecular flexibility index (Phi) is 4.92. The first kappa shape index (κ1) is 18.7. The van der Waals surface area contributed by atoms with Crippen LogP contribution in [0.2, 0.25) is 0 Å². The minimum atomic E-state index is -3.26. The van der Waals surface area contributed by atoms with Gasteiger partial charge in [-0.15, -0.1) is 0 Å². The fraction of sp³-hybridized carbons (Fsp3) is 0.333. The van der Waals surface area contributed by atoms with Gasteiger partial charge in [-0.1, -0.05) is 19.1 Å². The highest BCUT2D eigenvalue weighted by molar-refractivity contribution is 7.91. The van der Waals surface area contributed by atoms with Gasteiger partial charge < -0.3 is 4.42 Å². The van der Waals surface area contributed by atoms with E-state index in [2.05, 4.69) is 16.0 Å². The molecule has 1 saturated heterocycles. The third-order valence-corrected chi connectivity index (χ3v) is 6.93. The lowest BCUT2D eigenvalue weighted by molar-refractivity contribution is 0.321. The number of oxazole rings is 1. The summed E-state index contributed by atoms with van der Waals surface area (Å²) in [5.74, 6) is 0.903. The fourth-order valence-electron chi connectivity index (χ4n) is 3.64. The lowest BCUT2D eigenvalue weighted by Crippen LogP contribution is -2.19. The van der Waals surface area contributed by atoms with Gasteiger partial charge in [-0.05, 0) is 48.9 Å². The van der Waals surface area contributed by atoms with Crippen molar-refractivity contribution in [2.45, 2.75) is 30.7 Å². The van der Waals surface area contributed by atoms with Gasteiger partial charge in [0.1, 0.15) is 5.52 Å². The maximum absolute atomic E-state index is 12.1. The number of likely N-dealkylation sites (tertiary alicyclic amines) is 1. The Labute approximate surface area is 164 Å². The second-order valence-corrected chi connectivity index (χ2v) is 9.40. The van der Waals surface area contributed by atoms with Crippen LogP contribution >= 0.6 is 0 Å². The molecule has 1 aliphatic heterocycles. The number of nitrogens with zero attached hydrogens (tertiary/aromatic N) is 3. The third kappa shape index (κ3) is 3.66. The van der Waals surface area contributed by atoms with E-state index in [9.17, 15) is 8.42 Å². The number of hydrogen-bond acceptors (Lipinski definition) is 6. The van der Waals surface area contributed by atoms with Gasteiger partial charge in [0.2, 0.25) is 0 Å². The Morgan fingerprint density at radius 3 is 2.93 bits per heavy atom. The van der Waals surface area contributed by atoms with Crippen LogP contribution in [0.15, 0.2) is 51.8 Å². The van der Waals surface area contributed by atoms with Gasteiger partial charge in [0.05, 0.1) is 22.3 Å². The summed E-state index contributed by atoms with van der Waals surface area (Å²) in [4.78, 5) is 7.18. The largest absolute Gasteiger partial charge is 0.440 e. The lowest BCUT2D eigenvalue weighted by atomic mass is 10.1. The van der Waals surface area contributed by atoms with Crippen molar-refractivity contribution in [2.75, 3.05) is 18.8 Å². The molecule has 0 aliphatic carbocycles. The van der Waals surface area contributed by atoms with Crippen LogP contribution in [0.25, 0.3) is 11.1 Å². The summed E-state index contributed by atoms with van der Waals surface area (Å²) in [6.07, 6.45) is 0.935. The highest BCUT2D eigenvalue weighted by atomic mass is 32.2. The lowest BCUT2D eigenvalue weighted by Gasteiger charge is -2.15. The van der Waals surface area contributed by atoms with E-state index < -0.39 is 9.84 Å². The molecule has 4 rings (SSSR count). The number of fused-ring (bicyclic) bond motifs is 1. The zero-order valence-electron chi connectivity index (χ0n) is 15.6. The molecule has 28 heavy (non-hydrogen) atoms. The first-order valence-corrected chi connectivity index (χ1v) is 11.0. The molecule has 1 fully saturated rings. The molecule has 2 aromatic carbocycles. The van der Waals surface area contributed by atoms with Crippen molar-refractivity contribution >= 4 is 20.9 Å². The molecule has 0 bridgehead atoms. The van der Waals surface area contributed by atoms with Crippen LogP contribution in [0.1, 0.15) is 36.3 Å². The number of sulfone groups is 1. The van der Waals surface area contributed by atoms with E-state index in [1.54, 1.807) is 25.1 Å². The molecular formula is C21H21N3O3S. The topological polar surface area (TPSA) is 87.2 Å². The molecule has 0 spiro atoms. The van der Waals surface area contributed by atoms with Crippen molar-refractivity contribution in [3.8, 4) is 6.07 Å². The molecule has 0 saturated carbocycles. The Morgan fingerprint density at radius 2 is 2.14 bits per heavy atom. The molecular weight excluding hydrogens is 374 g/mol. The molecule has 0 amide bonds. The maximum atomic E-state index is 12.1. The van der Waals surface area contributed by atoms with E-state index >= 15 is 0 Å². The number of hydrogen-bond donors (Lipinski definition) is 0. The van der Waals surface area contributed by atoms with Crippen LogP contribution in [0.5, 0.6) is 0 Å². The summed E-state index contributed by atoms with van der Waals surface area (Å²) >= 11 is 0. The van der Waals surface area contributed by atoms with E-state index in [1.807, 2.05) is 24.3 Å². The number of aromatic nitrogens is 1. The van der Waals surface area contributed by atoms with Gasteiger partial charge in [0.15, 0.2) is 21.3 Å². The second-order valence-electron chi connectivity index (χ2n) is 7.12. The quantitative estimate of drug-likeness (QED) is 0.657. The summed E-state index contributed by atoms with van der Waals surface area (Å²) in [5, 5.41) is 9.05. The molecule has 0 N–H and O–H groups in total. The van der Waals surface area contributed by atoms with Crippen LogP contribution in [-0.4, -0.2) is 37.1 Å². The maximum Gasteiger partial charge on any atom is 0.199 e. The Morgan fingerprint density at radius 1 is 1.29 bits per heavy atom. The SMILES string of the molecule is CCS(=O)(=O)c1ccc2oc(C3CCN(Cc4cccc(C#N)c4)C3)nc2c1. The van der Waals surface area contributed by atoms with Gasteiger partial charge in [-0.3, -0.25) is 4.90 Å². The van der Waals surface area contributed by atoms with Gasteiger partial charge in [-0.2, -0.15) is 5.26 Å². The standard InChI is InChI=1S/C21H21N3O3S/c1-2-28(25,26)18-6-7-20-19(11-18)23-21(27-20)17-8-9-24(14-17)13-16-5-3-4-15(10-16)12-22/h3-7,10-11,17H,2,8-9,13-14H2,1H3. The fourth-order valence-corrected chi connectivity index (χ4v) is 4.53. The van der Waals surface area contributed by atoms with Gasteiger partial charge in [0, 0.05) is 19.0 Å². The van der Waals surface area contributed by atoms with Crippen molar-refractivity contribution in [1.82, 2.24) is 9.88 Å². The van der Waals surface area contributed by atoms with E-state index in [4.69, 9.17) is 9.68 Å². The van der Waals surface area contributed by atoms with Crippen LogP contribution in [0, 0.1) is 11.3 Å². The molecule has 1 aromatic heterocycles. The minimum absolute atomic E-state index is 0.0633. The van der Waals surface area contributed by atoms with Crippen molar-refractivity contribution in [3.63, 3.8) is 0 Å². The highest BCUT2D eigenvalue weighted by Gasteiger charge is 2.28. The average molecular weight is 395 g/mol. The van der Waals surface area contributed by atoms with Gasteiger partial charge >= 0.3 is 0 Å². The summed E-state index contributed by atoms with van der Waals surface area (Å²) in [5.41, 5.74) is 2.99. The van der Waals surface area contributed by atoms with E-state index in [0.29, 0.717) is 22.6 Å². The van der Waals surface area contributed by atoms with Crippen LogP contribution < -0.4 is 0 Å². The molecule has 1 atom stereocenters. The van der Waals surface area contributed by atoms with Crippen molar-refractivity contribution < 1.29 is 12.8 Å². The number of benzene rings is 2. The van der Waals surface area contributed by atoms with Crippen molar-refractivity contribution in [3.05, 3.63) is 59.5 Å². The first-order chi connectivity index (χ1) is 13.5. The molecule has 7 heteroatoms. The average Bonchev–Trinajstić information content (AvgIpc) is 3.34. The molecule has 1 aliphatic rings. The summed E-state index contributed by atoms with van der Waals surface area (Å²) in [6.45, 7) is 4.16. The Bertz CT molecular complexity index is 1160. The second kappa shape index (κ2) is 7.38. The minimum Gasteiger partial charge on any atom is -0.440 e. The molecule has 2 heterocycles. The van der Waals surface area contributed by atoms with Crippen LogP contribution in [-0.2, 0) is 16.4 Å². The monoisotopic (exact) mass is 395 g/mol. The van der Waals surface area contributed by atoms with Crippen LogP contribution in [0.3, 0.4) is 0 Å². The first-order valence-electron chi connectivity index (χ1n) is 9.33. The summed E-state index contributed by atoms with van der Waals surface area (Å²) < 4.78 is 30.1. The summed E-state index contributed by atoms with van der Waals surface area (Å²) in [6, 6.07) is 14.7. The Hall–Kier alpha value is -2.69. The normalized spacial score (nSPS) is 17.8. The van der Waals surface area contributed by atoms with E-state index in [0.717, 1.165) is 31.6 Å². The van der Waals surface area contributed by atoms with Crippen molar-refractivity contribution in [2.24, 2.45) is 0 Å². The third-order valence-electron chi connectivity index (χ3n) is 5.20. The smallest absolute Gasteiger partial charge is 0.199 e. The predicted octanol–water partition coefficient (Wildman–Crippen LogP) is 3.48. The number of rotatable bonds is 5. The van der Waals surface area contributed by atoms with Crippen LogP contribution in [0.4, 0.5) is 0 Å². The molecule has 3 aromatic rings. The zero-order chi connectivity index (χ0) is 19.7. The molecule has 144 valence electrons. The zero-order valence-corrected chi connectivity index (χ0v) is 16.4. The summed E-state index contributed by atoms with van der Waals surface area (Å²) in [7, 11) is -3.26.